The highest BCUT2D eigenvalue weighted by Gasteiger charge is 2.21. The zero-order chi connectivity index (χ0) is 20.8. The summed E-state index contributed by atoms with van der Waals surface area (Å²) in [5.74, 6) is -0.369. The van der Waals surface area contributed by atoms with Crippen LogP contribution in [-0.2, 0) is 16.1 Å². The van der Waals surface area contributed by atoms with Crippen LogP contribution in [0.4, 0.5) is 4.39 Å². The van der Waals surface area contributed by atoms with Crippen LogP contribution in [-0.4, -0.2) is 49.1 Å². The third-order valence-corrected chi connectivity index (χ3v) is 4.54. The number of ketones is 1. The van der Waals surface area contributed by atoms with Gasteiger partial charge in [0.1, 0.15) is 30.0 Å². The maximum atomic E-state index is 13.9. The average molecular weight is 401 g/mol. The lowest BCUT2D eigenvalue weighted by atomic mass is 10.1. The summed E-state index contributed by atoms with van der Waals surface area (Å²) in [4.78, 5) is 24.7. The van der Waals surface area contributed by atoms with E-state index in [1.807, 2.05) is 18.2 Å². The zero-order valence-corrected chi connectivity index (χ0v) is 16.5. The molecule has 1 saturated heterocycles. The smallest absolute Gasteiger partial charge is 0.308 e. The van der Waals surface area contributed by atoms with E-state index in [2.05, 4.69) is 4.90 Å². The van der Waals surface area contributed by atoms with Crippen LogP contribution in [0.25, 0.3) is 0 Å². The second-order valence-electron chi connectivity index (χ2n) is 6.98. The van der Waals surface area contributed by atoms with Crippen LogP contribution in [0.3, 0.4) is 0 Å². The van der Waals surface area contributed by atoms with Gasteiger partial charge in [-0.3, -0.25) is 14.5 Å². The van der Waals surface area contributed by atoms with Crippen LogP contribution in [0, 0.1) is 5.82 Å². The topological polar surface area (TPSA) is 65.1 Å². The summed E-state index contributed by atoms with van der Waals surface area (Å²) in [6, 6.07) is 11.7. The van der Waals surface area contributed by atoms with Crippen molar-refractivity contribution >= 4 is 11.8 Å². The number of carbonyl (C=O) groups is 2. The number of Topliss-reactive ketones (excluding diaryl/α,β-unsaturated/α-hetero) is 1. The van der Waals surface area contributed by atoms with E-state index < -0.39 is 5.82 Å². The van der Waals surface area contributed by atoms with E-state index in [4.69, 9.17) is 14.2 Å². The maximum Gasteiger partial charge on any atom is 0.308 e. The summed E-state index contributed by atoms with van der Waals surface area (Å²) >= 11 is 0. The molecule has 7 heteroatoms. The molecule has 0 saturated carbocycles. The fraction of sp³-hybridized carbons (Fsp3) is 0.364. The van der Waals surface area contributed by atoms with Crippen LogP contribution in [0.1, 0.15) is 29.8 Å². The van der Waals surface area contributed by atoms with Gasteiger partial charge in [0.05, 0.1) is 12.2 Å². The predicted octanol–water partition coefficient (Wildman–Crippen LogP) is 3.23. The van der Waals surface area contributed by atoms with Crippen molar-refractivity contribution in [2.45, 2.75) is 26.5 Å². The molecule has 0 bridgehead atoms. The van der Waals surface area contributed by atoms with Gasteiger partial charge in [-0.25, -0.2) is 4.39 Å². The fourth-order valence-electron chi connectivity index (χ4n) is 3.22. The molecule has 2 aromatic carbocycles. The Balaban J connectivity index is 1.54. The second-order valence-corrected chi connectivity index (χ2v) is 6.98. The number of ether oxygens (including phenoxy) is 3. The number of esters is 1. The van der Waals surface area contributed by atoms with Gasteiger partial charge in [-0.1, -0.05) is 12.1 Å². The molecule has 1 unspecified atom stereocenters. The summed E-state index contributed by atoms with van der Waals surface area (Å²) in [6.07, 6.45) is -0.157. The van der Waals surface area contributed by atoms with Crippen molar-refractivity contribution in [2.24, 2.45) is 0 Å². The number of nitrogens with zero attached hydrogens (tertiary/aromatic N) is 1. The molecule has 1 aliphatic heterocycles. The summed E-state index contributed by atoms with van der Waals surface area (Å²) in [5, 5.41) is 0. The average Bonchev–Trinajstić information content (AvgIpc) is 2.66. The summed E-state index contributed by atoms with van der Waals surface area (Å²) in [5.41, 5.74) is 1.08. The molecule has 6 nitrogen and oxygen atoms in total. The SMILES string of the molecule is CC(=O)Oc1cccc(CN2CCOC(COc3ccc(C(C)=O)c(F)c3)C2)c1. The van der Waals surface area contributed by atoms with Crippen molar-refractivity contribution < 1.29 is 28.2 Å². The lowest BCUT2D eigenvalue weighted by Gasteiger charge is -2.32. The Morgan fingerprint density at radius 1 is 1.17 bits per heavy atom. The lowest BCUT2D eigenvalue weighted by Crippen LogP contribution is -2.44. The summed E-state index contributed by atoms with van der Waals surface area (Å²) in [6.45, 7) is 5.67. The van der Waals surface area contributed by atoms with Gasteiger partial charge in [0.2, 0.25) is 0 Å². The van der Waals surface area contributed by atoms with Crippen LogP contribution in [0.2, 0.25) is 0 Å². The van der Waals surface area contributed by atoms with E-state index in [1.165, 1.54) is 26.0 Å². The number of benzene rings is 2. The first kappa shape index (κ1) is 21.0. The van der Waals surface area contributed by atoms with Gasteiger partial charge in [-0.05, 0) is 36.8 Å². The molecule has 0 aliphatic carbocycles. The molecule has 29 heavy (non-hydrogen) atoms. The molecule has 1 fully saturated rings. The Bertz CT molecular complexity index is 885. The van der Waals surface area contributed by atoms with Crippen molar-refractivity contribution in [3.8, 4) is 11.5 Å². The Morgan fingerprint density at radius 2 is 2.00 bits per heavy atom. The molecular formula is C22H24FNO5. The largest absolute Gasteiger partial charge is 0.491 e. The minimum atomic E-state index is -0.589. The molecule has 0 aromatic heterocycles. The predicted molar refractivity (Wildman–Crippen MR) is 105 cm³/mol. The molecule has 2 aromatic rings. The van der Waals surface area contributed by atoms with Crippen molar-refractivity contribution in [1.29, 1.82) is 0 Å². The van der Waals surface area contributed by atoms with Gasteiger partial charge in [-0.15, -0.1) is 0 Å². The number of morpholine rings is 1. The van der Waals surface area contributed by atoms with E-state index in [-0.39, 0.29) is 30.0 Å². The molecule has 0 amide bonds. The number of hydrogen-bond donors (Lipinski definition) is 0. The van der Waals surface area contributed by atoms with Crippen molar-refractivity contribution in [1.82, 2.24) is 4.90 Å². The monoisotopic (exact) mass is 401 g/mol. The third-order valence-electron chi connectivity index (χ3n) is 4.54. The van der Waals surface area contributed by atoms with E-state index in [9.17, 15) is 14.0 Å². The van der Waals surface area contributed by atoms with Crippen molar-refractivity contribution in [3.05, 3.63) is 59.4 Å². The summed E-state index contributed by atoms with van der Waals surface area (Å²) in [7, 11) is 0. The minimum Gasteiger partial charge on any atom is -0.491 e. The summed E-state index contributed by atoms with van der Waals surface area (Å²) < 4.78 is 30.5. The number of hydrogen-bond acceptors (Lipinski definition) is 6. The van der Waals surface area contributed by atoms with E-state index in [1.54, 1.807) is 12.1 Å². The standard InChI is InChI=1S/C22H24FNO5/c1-15(25)21-7-6-18(11-22(21)23)28-14-20-13-24(8-9-27-20)12-17-4-3-5-19(10-17)29-16(2)26/h3-7,10-11,20H,8-9,12-14H2,1-2H3. The minimum absolute atomic E-state index is 0.0495. The Kier molecular flexibility index (Phi) is 6.95. The van der Waals surface area contributed by atoms with Gasteiger partial charge in [0.25, 0.3) is 0 Å². The van der Waals surface area contributed by atoms with E-state index >= 15 is 0 Å². The van der Waals surface area contributed by atoms with Crippen LogP contribution in [0.15, 0.2) is 42.5 Å². The molecule has 0 radical (unpaired) electrons. The zero-order valence-electron chi connectivity index (χ0n) is 16.5. The maximum absolute atomic E-state index is 13.9. The molecule has 1 aliphatic rings. The molecule has 0 spiro atoms. The fourth-order valence-corrected chi connectivity index (χ4v) is 3.22. The van der Waals surface area contributed by atoms with Gasteiger partial charge in [0, 0.05) is 32.6 Å². The van der Waals surface area contributed by atoms with Crippen molar-refractivity contribution in [2.75, 3.05) is 26.3 Å². The highest BCUT2D eigenvalue weighted by Crippen LogP contribution is 2.19. The van der Waals surface area contributed by atoms with Crippen LogP contribution >= 0.6 is 0 Å². The second kappa shape index (κ2) is 9.62. The molecule has 154 valence electrons. The first-order valence-electron chi connectivity index (χ1n) is 9.45. The highest BCUT2D eigenvalue weighted by atomic mass is 19.1. The Hall–Kier alpha value is -2.77. The third kappa shape index (κ3) is 6.10. The number of carbonyl (C=O) groups excluding carboxylic acids is 2. The van der Waals surface area contributed by atoms with Gasteiger partial charge >= 0.3 is 5.97 Å². The number of rotatable bonds is 7. The Morgan fingerprint density at radius 3 is 2.72 bits per heavy atom. The van der Waals surface area contributed by atoms with Crippen LogP contribution < -0.4 is 9.47 Å². The van der Waals surface area contributed by atoms with E-state index in [0.717, 1.165) is 12.1 Å². The molecule has 1 heterocycles. The van der Waals surface area contributed by atoms with Crippen molar-refractivity contribution in [3.63, 3.8) is 0 Å². The number of halogens is 1. The molecule has 1 atom stereocenters. The van der Waals surface area contributed by atoms with E-state index in [0.29, 0.717) is 31.2 Å². The first-order chi connectivity index (χ1) is 13.9. The molecule has 3 rings (SSSR count). The van der Waals surface area contributed by atoms with Gasteiger partial charge in [0.15, 0.2) is 5.78 Å². The molecular weight excluding hydrogens is 377 g/mol. The normalized spacial score (nSPS) is 17.0. The highest BCUT2D eigenvalue weighted by molar-refractivity contribution is 5.94. The van der Waals surface area contributed by atoms with Crippen LogP contribution in [0.5, 0.6) is 11.5 Å². The lowest BCUT2D eigenvalue weighted by molar-refractivity contribution is -0.131. The van der Waals surface area contributed by atoms with Gasteiger partial charge in [-0.2, -0.15) is 0 Å². The van der Waals surface area contributed by atoms with Gasteiger partial charge < -0.3 is 14.2 Å². The quantitative estimate of drug-likeness (QED) is 0.403. The Labute approximate surface area is 169 Å². The molecule has 0 N–H and O–H groups in total. The first-order valence-corrected chi connectivity index (χ1v) is 9.45.